The Morgan fingerprint density at radius 2 is 1.45 bits per heavy atom. The molecule has 0 atom stereocenters. The summed E-state index contributed by atoms with van der Waals surface area (Å²) in [5.41, 5.74) is 4.76. The Morgan fingerprint density at radius 1 is 0.871 bits per heavy atom. The summed E-state index contributed by atoms with van der Waals surface area (Å²) in [7, 11) is 0. The van der Waals surface area contributed by atoms with Crippen LogP contribution in [0, 0.1) is 6.92 Å². The number of nitrogens with zero attached hydrogens (tertiary/aromatic N) is 4. The summed E-state index contributed by atoms with van der Waals surface area (Å²) in [6.07, 6.45) is 0. The van der Waals surface area contributed by atoms with Gasteiger partial charge in [0.2, 0.25) is 11.9 Å². The fourth-order valence-electron chi connectivity index (χ4n) is 3.76. The van der Waals surface area contributed by atoms with Gasteiger partial charge in [-0.15, -0.1) is 0 Å². The average Bonchev–Trinajstić information content (AvgIpc) is 2.80. The summed E-state index contributed by atoms with van der Waals surface area (Å²) in [4.78, 5) is 26.6. The normalized spacial score (nSPS) is 15.0. The number of likely N-dealkylation sites (N-methyl/N-ethyl adjacent to an activating group) is 1. The summed E-state index contributed by atoms with van der Waals surface area (Å²) in [5, 5.41) is 2.93. The maximum Gasteiger partial charge on any atom is 0.240 e. The lowest BCUT2D eigenvalue weighted by atomic mass is 10.1. The van der Waals surface area contributed by atoms with Crippen LogP contribution in [0.5, 0.6) is 0 Å². The molecular formula is C25H29N5O. The van der Waals surface area contributed by atoms with Gasteiger partial charge in [-0.3, -0.25) is 15.0 Å². The van der Waals surface area contributed by atoms with Crippen LogP contribution in [0.4, 0.5) is 5.95 Å². The average molecular weight is 416 g/mol. The van der Waals surface area contributed by atoms with Crippen LogP contribution in [0.2, 0.25) is 0 Å². The van der Waals surface area contributed by atoms with Gasteiger partial charge in [-0.25, -0.2) is 9.97 Å². The molecule has 2 heterocycles. The third kappa shape index (κ3) is 5.54. The van der Waals surface area contributed by atoms with Crippen LogP contribution in [0.3, 0.4) is 0 Å². The first-order chi connectivity index (χ1) is 15.1. The van der Waals surface area contributed by atoms with E-state index in [2.05, 4.69) is 51.1 Å². The fourth-order valence-corrected chi connectivity index (χ4v) is 3.76. The van der Waals surface area contributed by atoms with Gasteiger partial charge in [0.1, 0.15) is 0 Å². The minimum Gasteiger partial charge on any atom is -0.301 e. The van der Waals surface area contributed by atoms with Crippen molar-refractivity contribution >= 4 is 11.9 Å². The number of benzene rings is 2. The predicted molar refractivity (Wildman–Crippen MR) is 125 cm³/mol. The Hall–Kier alpha value is -3.09. The number of amides is 1. The zero-order valence-corrected chi connectivity index (χ0v) is 18.2. The van der Waals surface area contributed by atoms with Crippen molar-refractivity contribution in [3.63, 3.8) is 0 Å². The first kappa shape index (κ1) is 21.2. The van der Waals surface area contributed by atoms with E-state index in [9.17, 15) is 4.79 Å². The zero-order chi connectivity index (χ0) is 21.6. The topological polar surface area (TPSA) is 61.4 Å². The third-order valence-corrected chi connectivity index (χ3v) is 5.67. The lowest BCUT2D eigenvalue weighted by molar-refractivity contribution is -0.117. The lowest BCUT2D eigenvalue weighted by Gasteiger charge is -2.33. The molecule has 0 radical (unpaired) electrons. The molecule has 1 saturated heterocycles. The molecule has 3 aromatic rings. The van der Waals surface area contributed by atoms with Crippen molar-refractivity contribution in [2.45, 2.75) is 13.8 Å². The number of piperazine rings is 1. The van der Waals surface area contributed by atoms with Gasteiger partial charge in [-0.05, 0) is 19.5 Å². The number of anilines is 1. The van der Waals surface area contributed by atoms with Crippen molar-refractivity contribution in [2.24, 2.45) is 0 Å². The number of carbonyl (C=O) groups is 1. The van der Waals surface area contributed by atoms with Gasteiger partial charge in [-0.1, -0.05) is 67.1 Å². The molecule has 4 rings (SSSR count). The molecule has 6 heteroatoms. The number of aromatic nitrogens is 2. The van der Waals surface area contributed by atoms with Crippen molar-refractivity contribution < 1.29 is 4.79 Å². The van der Waals surface area contributed by atoms with E-state index in [0.717, 1.165) is 55.2 Å². The highest BCUT2D eigenvalue weighted by Crippen LogP contribution is 2.25. The summed E-state index contributed by atoms with van der Waals surface area (Å²) in [6, 6.07) is 20.2. The van der Waals surface area contributed by atoms with Gasteiger partial charge >= 0.3 is 0 Å². The third-order valence-electron chi connectivity index (χ3n) is 5.67. The second-order valence-electron chi connectivity index (χ2n) is 7.95. The van der Waals surface area contributed by atoms with Gasteiger partial charge in [0.25, 0.3) is 0 Å². The van der Waals surface area contributed by atoms with Gasteiger partial charge in [0, 0.05) is 37.3 Å². The lowest BCUT2D eigenvalue weighted by Crippen LogP contribution is -2.48. The fraction of sp³-hybridized carbons (Fsp3) is 0.320. The predicted octanol–water partition coefficient (Wildman–Crippen LogP) is 3.70. The smallest absolute Gasteiger partial charge is 0.240 e. The molecule has 1 fully saturated rings. The number of nitrogens with one attached hydrogen (secondary N) is 1. The monoisotopic (exact) mass is 415 g/mol. The molecule has 2 aromatic carbocycles. The Kier molecular flexibility index (Phi) is 6.70. The highest BCUT2D eigenvalue weighted by molar-refractivity contribution is 5.91. The number of hydrogen-bond acceptors (Lipinski definition) is 5. The Balaban J connectivity index is 1.55. The van der Waals surface area contributed by atoms with Crippen molar-refractivity contribution in [1.82, 2.24) is 19.8 Å². The van der Waals surface area contributed by atoms with Crippen molar-refractivity contribution in [3.05, 3.63) is 66.2 Å². The molecule has 1 N–H and O–H groups in total. The van der Waals surface area contributed by atoms with E-state index in [0.29, 0.717) is 12.5 Å². The molecule has 1 aliphatic heterocycles. The van der Waals surface area contributed by atoms with E-state index in [-0.39, 0.29) is 5.91 Å². The van der Waals surface area contributed by atoms with Crippen LogP contribution in [-0.4, -0.2) is 64.9 Å². The minimum atomic E-state index is -0.0787. The van der Waals surface area contributed by atoms with E-state index in [1.165, 1.54) is 5.56 Å². The van der Waals surface area contributed by atoms with E-state index >= 15 is 0 Å². The van der Waals surface area contributed by atoms with E-state index < -0.39 is 0 Å². The van der Waals surface area contributed by atoms with Crippen molar-refractivity contribution in [2.75, 3.05) is 44.6 Å². The molecule has 0 saturated carbocycles. The van der Waals surface area contributed by atoms with Crippen LogP contribution < -0.4 is 5.32 Å². The summed E-state index contributed by atoms with van der Waals surface area (Å²) in [6.45, 7) is 9.46. The van der Waals surface area contributed by atoms with E-state index in [1.807, 2.05) is 48.5 Å². The van der Waals surface area contributed by atoms with Gasteiger partial charge in [0.15, 0.2) is 0 Å². The molecule has 0 unspecified atom stereocenters. The first-order valence-corrected chi connectivity index (χ1v) is 10.9. The maximum absolute atomic E-state index is 12.7. The van der Waals surface area contributed by atoms with Crippen LogP contribution in [0.15, 0.2) is 60.7 Å². The van der Waals surface area contributed by atoms with Crippen molar-refractivity contribution in [3.8, 4) is 22.5 Å². The molecule has 1 amide bonds. The number of rotatable bonds is 6. The van der Waals surface area contributed by atoms with Crippen LogP contribution >= 0.6 is 0 Å². The second kappa shape index (κ2) is 9.81. The van der Waals surface area contributed by atoms with E-state index in [4.69, 9.17) is 0 Å². The van der Waals surface area contributed by atoms with E-state index in [1.54, 1.807) is 0 Å². The summed E-state index contributed by atoms with van der Waals surface area (Å²) < 4.78 is 0. The highest BCUT2D eigenvalue weighted by Gasteiger charge is 2.19. The Morgan fingerprint density at radius 3 is 2.06 bits per heavy atom. The first-order valence-electron chi connectivity index (χ1n) is 10.9. The number of hydrogen-bond donors (Lipinski definition) is 1. The number of carbonyl (C=O) groups excluding carboxylic acids is 1. The second-order valence-corrected chi connectivity index (χ2v) is 7.95. The number of aryl methyl sites for hydroxylation is 1. The molecule has 0 aliphatic carbocycles. The Labute approximate surface area is 183 Å². The molecule has 31 heavy (non-hydrogen) atoms. The molecule has 1 aromatic heterocycles. The standard InChI is InChI=1S/C25H29N5O/c1-3-29-13-15-30(16-14-29)18-24(31)28-25-26-22(20-7-5-4-6-8-20)17-23(27-25)21-11-9-19(2)10-12-21/h4-12,17H,3,13-16,18H2,1-2H3,(H,26,27,28,31). The van der Waals surface area contributed by atoms with Crippen molar-refractivity contribution in [1.29, 1.82) is 0 Å². The van der Waals surface area contributed by atoms with Crippen LogP contribution in [-0.2, 0) is 4.79 Å². The maximum atomic E-state index is 12.7. The summed E-state index contributed by atoms with van der Waals surface area (Å²) in [5.74, 6) is 0.263. The molecular weight excluding hydrogens is 386 g/mol. The molecule has 1 aliphatic rings. The minimum absolute atomic E-state index is 0.0787. The Bertz CT molecular complexity index is 1010. The SMILES string of the molecule is CCN1CCN(CC(=O)Nc2nc(-c3ccccc3)cc(-c3ccc(C)cc3)n2)CC1. The quantitative estimate of drug-likeness (QED) is 0.665. The van der Waals surface area contributed by atoms with Gasteiger partial charge in [-0.2, -0.15) is 0 Å². The zero-order valence-electron chi connectivity index (χ0n) is 18.2. The largest absolute Gasteiger partial charge is 0.301 e. The summed E-state index contributed by atoms with van der Waals surface area (Å²) >= 11 is 0. The van der Waals surface area contributed by atoms with Gasteiger partial charge in [0.05, 0.1) is 17.9 Å². The highest BCUT2D eigenvalue weighted by atomic mass is 16.2. The molecule has 6 nitrogen and oxygen atoms in total. The molecule has 0 spiro atoms. The van der Waals surface area contributed by atoms with Crippen LogP contribution in [0.25, 0.3) is 22.5 Å². The van der Waals surface area contributed by atoms with Gasteiger partial charge < -0.3 is 4.90 Å². The molecule has 0 bridgehead atoms. The van der Waals surface area contributed by atoms with Crippen LogP contribution in [0.1, 0.15) is 12.5 Å². The molecule has 160 valence electrons.